The number of hydrogen-bond acceptors (Lipinski definition) is 5. The van der Waals surface area contributed by atoms with Gasteiger partial charge in [0.2, 0.25) is 0 Å². The summed E-state index contributed by atoms with van der Waals surface area (Å²) in [4.78, 5) is 0. The van der Waals surface area contributed by atoms with E-state index in [0.717, 1.165) is 0 Å². The smallest absolute Gasteiger partial charge is 1.00 e. The summed E-state index contributed by atoms with van der Waals surface area (Å²) in [6, 6.07) is 0. The predicted molar refractivity (Wildman–Crippen MR) is 31.7 cm³/mol. The van der Waals surface area contributed by atoms with Gasteiger partial charge in [0, 0.05) is 0 Å². The number of hydrogen-bond donors (Lipinski definition) is 3. The van der Waals surface area contributed by atoms with Gasteiger partial charge in [-0.1, -0.05) is 0 Å². The van der Waals surface area contributed by atoms with E-state index >= 15 is 0 Å². The summed E-state index contributed by atoms with van der Waals surface area (Å²) in [6.07, 6.45) is -1.29. The molecule has 64 valence electrons. The average molecular weight is 196 g/mol. The normalized spacial score (nSPS) is 13.7. The van der Waals surface area contributed by atoms with Gasteiger partial charge in [-0.15, -0.1) is 0 Å². The van der Waals surface area contributed by atoms with Crippen LogP contribution in [-0.2, 0) is 14.6 Å². The Hall–Kier alpha value is 0.790. The van der Waals surface area contributed by atoms with Gasteiger partial charge in [0.1, 0.15) is 6.10 Å². The summed E-state index contributed by atoms with van der Waals surface area (Å²) in [5.41, 5.74) is 0. The minimum Gasteiger partial charge on any atom is -1.00 e. The van der Waals surface area contributed by atoms with E-state index in [1.807, 2.05) is 0 Å². The molecule has 11 heavy (non-hydrogen) atoms. The molecule has 0 aromatic rings. The summed E-state index contributed by atoms with van der Waals surface area (Å²) >= 11 is 0. The van der Waals surface area contributed by atoms with Crippen LogP contribution in [0.4, 0.5) is 0 Å². The van der Waals surface area contributed by atoms with Crippen LogP contribution in [0.15, 0.2) is 0 Å². The standard InChI is InChI=1S/C3H8O6S.Na.H/c4-1-3(5)2-9-10(6,7)8;;/h3-5H,1-2H2,(H,6,7,8);;/q;+1;-1. The fourth-order valence-corrected chi connectivity index (χ4v) is 0.546. The molecule has 0 aromatic carbocycles. The molecule has 0 aliphatic rings. The molecular weight excluding hydrogens is 187 g/mol. The number of aliphatic hydroxyl groups is 2. The van der Waals surface area contributed by atoms with Crippen LogP contribution in [0.1, 0.15) is 1.43 Å². The van der Waals surface area contributed by atoms with Gasteiger partial charge in [0.05, 0.1) is 13.2 Å². The Labute approximate surface area is 87.9 Å². The molecule has 0 radical (unpaired) electrons. The zero-order chi connectivity index (χ0) is 8.20. The Bertz CT molecular complexity index is 181. The molecule has 0 aromatic heterocycles. The first-order valence-electron chi connectivity index (χ1n) is 2.36. The Morgan fingerprint density at radius 1 is 1.55 bits per heavy atom. The van der Waals surface area contributed by atoms with Crippen molar-refractivity contribution in [3.05, 3.63) is 0 Å². The molecule has 0 saturated heterocycles. The molecule has 3 N–H and O–H groups in total. The van der Waals surface area contributed by atoms with Crippen molar-refractivity contribution in [2.45, 2.75) is 6.10 Å². The quantitative estimate of drug-likeness (QED) is 0.308. The first-order valence-corrected chi connectivity index (χ1v) is 3.73. The van der Waals surface area contributed by atoms with Crippen LogP contribution >= 0.6 is 0 Å². The first-order chi connectivity index (χ1) is 4.45. The maximum atomic E-state index is 9.79. The van der Waals surface area contributed by atoms with E-state index in [9.17, 15) is 8.42 Å². The SMILES string of the molecule is O=S(=O)(O)OCC(O)CO.[H-].[Na+]. The van der Waals surface area contributed by atoms with Crippen LogP contribution < -0.4 is 29.6 Å². The zero-order valence-electron chi connectivity index (χ0n) is 6.97. The van der Waals surface area contributed by atoms with Crippen molar-refractivity contribution in [3.63, 3.8) is 0 Å². The molecule has 0 saturated carbocycles. The van der Waals surface area contributed by atoms with E-state index in [2.05, 4.69) is 4.18 Å². The van der Waals surface area contributed by atoms with Crippen LogP contribution in [0.2, 0.25) is 0 Å². The Morgan fingerprint density at radius 3 is 2.27 bits per heavy atom. The van der Waals surface area contributed by atoms with Gasteiger partial charge in [0.25, 0.3) is 0 Å². The maximum Gasteiger partial charge on any atom is 1.00 e. The minimum atomic E-state index is -4.50. The molecule has 0 spiro atoms. The molecule has 6 nitrogen and oxygen atoms in total. The number of rotatable bonds is 4. The van der Waals surface area contributed by atoms with Gasteiger partial charge >= 0.3 is 40.0 Å². The second-order valence-electron chi connectivity index (χ2n) is 1.55. The molecule has 0 aliphatic heterocycles. The molecule has 0 bridgehead atoms. The van der Waals surface area contributed by atoms with E-state index < -0.39 is 29.7 Å². The minimum absolute atomic E-state index is 0. The van der Waals surface area contributed by atoms with E-state index in [1.54, 1.807) is 0 Å². The van der Waals surface area contributed by atoms with Crippen molar-refractivity contribution in [2.75, 3.05) is 13.2 Å². The Morgan fingerprint density at radius 2 is 2.00 bits per heavy atom. The summed E-state index contributed by atoms with van der Waals surface area (Å²) in [5.74, 6) is 0. The predicted octanol–water partition coefficient (Wildman–Crippen LogP) is -4.72. The maximum absolute atomic E-state index is 9.79. The van der Waals surface area contributed by atoms with Crippen molar-refractivity contribution in [3.8, 4) is 0 Å². The van der Waals surface area contributed by atoms with Crippen LogP contribution in [0.25, 0.3) is 0 Å². The largest absolute Gasteiger partial charge is 1.00 e. The fourth-order valence-electron chi connectivity index (χ4n) is 0.217. The third-order valence-electron chi connectivity index (χ3n) is 0.620. The summed E-state index contributed by atoms with van der Waals surface area (Å²) in [6.45, 7) is -1.26. The average Bonchev–Trinajstić information content (AvgIpc) is 1.81. The molecule has 0 aliphatic carbocycles. The van der Waals surface area contributed by atoms with Gasteiger partial charge in [-0.2, -0.15) is 8.42 Å². The molecule has 8 heteroatoms. The van der Waals surface area contributed by atoms with Gasteiger partial charge in [-0.05, 0) is 0 Å². The Kier molecular flexibility index (Phi) is 8.23. The van der Waals surface area contributed by atoms with Crippen LogP contribution in [-0.4, -0.2) is 42.5 Å². The van der Waals surface area contributed by atoms with Gasteiger partial charge < -0.3 is 11.6 Å². The van der Waals surface area contributed by atoms with Crippen LogP contribution in [0.5, 0.6) is 0 Å². The van der Waals surface area contributed by atoms with Crippen molar-refractivity contribution >= 4 is 10.4 Å². The first kappa shape index (κ1) is 14.3. The second kappa shape index (κ2) is 6.32. The fraction of sp³-hybridized carbons (Fsp3) is 1.00. The molecule has 0 amide bonds. The monoisotopic (exact) mass is 196 g/mol. The molecule has 0 heterocycles. The zero-order valence-corrected chi connectivity index (χ0v) is 8.78. The Balaban J connectivity index is -0.000000405. The van der Waals surface area contributed by atoms with Gasteiger partial charge in [-0.25, -0.2) is 4.18 Å². The van der Waals surface area contributed by atoms with Crippen molar-refractivity contribution < 1.29 is 58.4 Å². The van der Waals surface area contributed by atoms with Crippen molar-refractivity contribution in [1.82, 2.24) is 0 Å². The molecule has 0 rings (SSSR count). The van der Waals surface area contributed by atoms with Crippen molar-refractivity contribution in [1.29, 1.82) is 0 Å². The topological polar surface area (TPSA) is 104 Å². The summed E-state index contributed by atoms with van der Waals surface area (Å²) in [5, 5.41) is 16.6. The molecular formula is C3H9NaO6S. The van der Waals surface area contributed by atoms with Crippen LogP contribution in [0.3, 0.4) is 0 Å². The van der Waals surface area contributed by atoms with E-state index in [0.29, 0.717) is 0 Å². The number of aliphatic hydroxyl groups excluding tert-OH is 2. The van der Waals surface area contributed by atoms with Crippen LogP contribution in [0, 0.1) is 0 Å². The van der Waals surface area contributed by atoms with E-state index in [1.165, 1.54) is 0 Å². The third-order valence-corrected chi connectivity index (χ3v) is 1.05. The van der Waals surface area contributed by atoms with Gasteiger partial charge in [0.15, 0.2) is 0 Å². The van der Waals surface area contributed by atoms with Crippen molar-refractivity contribution in [2.24, 2.45) is 0 Å². The van der Waals surface area contributed by atoms with E-state index in [-0.39, 0.29) is 31.0 Å². The molecule has 1 unspecified atom stereocenters. The molecule has 0 fully saturated rings. The summed E-state index contributed by atoms with van der Waals surface area (Å²) < 4.78 is 31.2. The molecule has 1 atom stereocenters. The third kappa shape index (κ3) is 10.8. The van der Waals surface area contributed by atoms with E-state index in [4.69, 9.17) is 14.8 Å². The summed E-state index contributed by atoms with van der Waals surface area (Å²) in [7, 11) is -4.50. The second-order valence-corrected chi connectivity index (χ2v) is 2.64. The van der Waals surface area contributed by atoms with Gasteiger partial charge in [-0.3, -0.25) is 4.55 Å².